The summed E-state index contributed by atoms with van der Waals surface area (Å²) in [5.41, 5.74) is 0. The van der Waals surface area contributed by atoms with Gasteiger partial charge in [-0.05, 0) is 19.8 Å². The quantitative estimate of drug-likeness (QED) is 0.716. The van der Waals surface area contributed by atoms with Crippen LogP contribution in [0.5, 0.6) is 0 Å². The molecule has 0 spiro atoms. The Hall–Kier alpha value is -0.650. The average Bonchev–Trinajstić information content (AvgIpc) is 2.79. The van der Waals surface area contributed by atoms with Gasteiger partial charge in [0.15, 0.2) is 0 Å². The van der Waals surface area contributed by atoms with Crippen molar-refractivity contribution < 1.29 is 14.3 Å². The lowest BCUT2D eigenvalue weighted by Crippen LogP contribution is -2.49. The number of carbonyl (C=O) groups is 1. The van der Waals surface area contributed by atoms with Crippen molar-refractivity contribution in [1.29, 1.82) is 0 Å². The molecule has 2 fully saturated rings. The monoisotopic (exact) mass is 284 g/mol. The minimum absolute atomic E-state index is 0.0183. The highest BCUT2D eigenvalue weighted by molar-refractivity contribution is 5.73. The van der Waals surface area contributed by atoms with Crippen molar-refractivity contribution in [3.63, 3.8) is 0 Å². The van der Waals surface area contributed by atoms with Gasteiger partial charge in [-0.25, -0.2) is 0 Å². The van der Waals surface area contributed by atoms with Gasteiger partial charge in [0.25, 0.3) is 0 Å². The summed E-state index contributed by atoms with van der Waals surface area (Å²) in [6.45, 7) is 12.1. The van der Waals surface area contributed by atoms with Crippen LogP contribution in [0.4, 0.5) is 0 Å². The number of hydrogen-bond donors (Lipinski definition) is 0. The van der Waals surface area contributed by atoms with Crippen LogP contribution in [-0.2, 0) is 14.3 Å². The molecule has 0 aromatic heterocycles. The summed E-state index contributed by atoms with van der Waals surface area (Å²) in [5, 5.41) is 0. The Balaban J connectivity index is 1.84. The lowest BCUT2D eigenvalue weighted by atomic mass is 9.99. The van der Waals surface area contributed by atoms with Crippen LogP contribution >= 0.6 is 0 Å². The Morgan fingerprint density at radius 1 is 1.35 bits per heavy atom. The molecule has 20 heavy (non-hydrogen) atoms. The van der Waals surface area contributed by atoms with Crippen molar-refractivity contribution in [1.82, 2.24) is 9.80 Å². The van der Waals surface area contributed by atoms with Crippen molar-refractivity contribution in [2.45, 2.75) is 32.9 Å². The molecule has 0 bridgehead atoms. The van der Waals surface area contributed by atoms with Crippen molar-refractivity contribution in [3.05, 3.63) is 0 Å². The van der Waals surface area contributed by atoms with Crippen LogP contribution in [-0.4, -0.2) is 74.4 Å². The van der Waals surface area contributed by atoms with E-state index >= 15 is 0 Å². The highest BCUT2D eigenvalue weighted by Gasteiger charge is 2.37. The van der Waals surface area contributed by atoms with Gasteiger partial charge in [0.05, 0.1) is 25.7 Å². The number of methoxy groups -OCH3 is 1. The van der Waals surface area contributed by atoms with E-state index in [-0.39, 0.29) is 18.0 Å². The number of likely N-dealkylation sites (tertiary alicyclic amines) is 1. The van der Waals surface area contributed by atoms with Crippen LogP contribution in [0.25, 0.3) is 0 Å². The Morgan fingerprint density at radius 3 is 2.75 bits per heavy atom. The summed E-state index contributed by atoms with van der Waals surface area (Å²) >= 11 is 0. The van der Waals surface area contributed by atoms with Crippen molar-refractivity contribution in [2.24, 2.45) is 11.8 Å². The topological polar surface area (TPSA) is 42.0 Å². The number of nitrogens with zero attached hydrogens (tertiary/aromatic N) is 2. The summed E-state index contributed by atoms with van der Waals surface area (Å²) in [6, 6.07) is 0.571. The normalized spacial score (nSPS) is 32.8. The zero-order chi connectivity index (χ0) is 14.7. The average molecular weight is 284 g/mol. The summed E-state index contributed by atoms with van der Waals surface area (Å²) < 4.78 is 10.8. The van der Waals surface area contributed by atoms with Gasteiger partial charge in [0, 0.05) is 38.8 Å². The van der Waals surface area contributed by atoms with Crippen LogP contribution in [0.2, 0.25) is 0 Å². The molecule has 2 rings (SSSR count). The van der Waals surface area contributed by atoms with Gasteiger partial charge in [0.2, 0.25) is 0 Å². The molecule has 2 aliphatic heterocycles. The molecule has 2 saturated heterocycles. The molecule has 0 aliphatic carbocycles. The van der Waals surface area contributed by atoms with Gasteiger partial charge < -0.3 is 9.47 Å². The van der Waals surface area contributed by atoms with E-state index in [1.807, 2.05) is 0 Å². The van der Waals surface area contributed by atoms with E-state index in [1.165, 1.54) is 7.11 Å². The molecular formula is C15H28N2O3. The van der Waals surface area contributed by atoms with E-state index in [0.29, 0.717) is 12.0 Å². The zero-order valence-corrected chi connectivity index (χ0v) is 13.2. The largest absolute Gasteiger partial charge is 0.469 e. The fourth-order valence-corrected chi connectivity index (χ4v) is 3.28. The lowest BCUT2D eigenvalue weighted by Gasteiger charge is -2.37. The number of carbonyl (C=O) groups excluding carboxylic acids is 1. The van der Waals surface area contributed by atoms with Crippen LogP contribution in [0, 0.1) is 11.8 Å². The SMILES string of the molecule is COC(=O)C1CN(CC2CN(C(C)C)CCO2)CC1C. The standard InChI is InChI=1S/C15H28N2O3/c1-11(2)17-5-6-20-13(9-17)8-16-7-12(3)14(10-16)15(18)19-4/h11-14H,5-10H2,1-4H3. The highest BCUT2D eigenvalue weighted by Crippen LogP contribution is 2.24. The first-order chi connectivity index (χ1) is 9.51. The fraction of sp³-hybridized carbons (Fsp3) is 0.933. The molecule has 0 amide bonds. The third kappa shape index (κ3) is 3.71. The van der Waals surface area contributed by atoms with Gasteiger partial charge in [0.1, 0.15) is 0 Å². The van der Waals surface area contributed by atoms with Crippen LogP contribution < -0.4 is 0 Å². The van der Waals surface area contributed by atoms with Gasteiger partial charge in [-0.15, -0.1) is 0 Å². The summed E-state index contributed by atoms with van der Waals surface area (Å²) in [7, 11) is 1.47. The Kier molecular flexibility index (Phi) is 5.41. The maximum atomic E-state index is 11.7. The molecule has 0 saturated carbocycles. The predicted molar refractivity (Wildman–Crippen MR) is 77.6 cm³/mol. The third-order valence-electron chi connectivity index (χ3n) is 4.55. The molecule has 3 unspecified atom stereocenters. The molecule has 0 N–H and O–H groups in total. The second-order valence-electron chi connectivity index (χ2n) is 6.41. The number of morpholine rings is 1. The second-order valence-corrected chi connectivity index (χ2v) is 6.41. The van der Waals surface area contributed by atoms with E-state index in [0.717, 1.165) is 39.3 Å². The first-order valence-corrected chi connectivity index (χ1v) is 7.67. The Labute approximate surface area is 122 Å². The van der Waals surface area contributed by atoms with Gasteiger partial charge in [-0.2, -0.15) is 0 Å². The number of rotatable bonds is 4. The van der Waals surface area contributed by atoms with Crippen LogP contribution in [0.3, 0.4) is 0 Å². The van der Waals surface area contributed by atoms with Crippen LogP contribution in [0.1, 0.15) is 20.8 Å². The number of esters is 1. The molecule has 5 nitrogen and oxygen atoms in total. The van der Waals surface area contributed by atoms with Crippen LogP contribution in [0.15, 0.2) is 0 Å². The van der Waals surface area contributed by atoms with E-state index < -0.39 is 0 Å². The van der Waals surface area contributed by atoms with E-state index in [1.54, 1.807) is 0 Å². The maximum absolute atomic E-state index is 11.7. The molecule has 0 radical (unpaired) electrons. The fourth-order valence-electron chi connectivity index (χ4n) is 3.28. The van der Waals surface area contributed by atoms with Gasteiger partial charge in [-0.3, -0.25) is 14.6 Å². The van der Waals surface area contributed by atoms with Crippen molar-refractivity contribution in [3.8, 4) is 0 Å². The highest BCUT2D eigenvalue weighted by atomic mass is 16.5. The Bertz CT molecular complexity index is 335. The van der Waals surface area contributed by atoms with Crippen molar-refractivity contribution in [2.75, 3.05) is 46.4 Å². The molecule has 0 aromatic rings. The molecule has 116 valence electrons. The number of hydrogen-bond acceptors (Lipinski definition) is 5. The van der Waals surface area contributed by atoms with E-state index in [2.05, 4.69) is 30.6 Å². The smallest absolute Gasteiger partial charge is 0.310 e. The van der Waals surface area contributed by atoms with Gasteiger partial charge in [-0.1, -0.05) is 6.92 Å². The van der Waals surface area contributed by atoms with E-state index in [9.17, 15) is 4.79 Å². The minimum atomic E-state index is -0.0756. The summed E-state index contributed by atoms with van der Waals surface area (Å²) in [6.07, 6.45) is 0.259. The van der Waals surface area contributed by atoms with E-state index in [4.69, 9.17) is 9.47 Å². The third-order valence-corrected chi connectivity index (χ3v) is 4.55. The minimum Gasteiger partial charge on any atom is -0.469 e. The summed E-state index contributed by atoms with van der Waals surface area (Å²) in [4.78, 5) is 16.5. The van der Waals surface area contributed by atoms with Gasteiger partial charge >= 0.3 is 5.97 Å². The first-order valence-electron chi connectivity index (χ1n) is 7.67. The molecule has 2 heterocycles. The first kappa shape index (κ1) is 15.7. The Morgan fingerprint density at radius 2 is 2.10 bits per heavy atom. The predicted octanol–water partition coefficient (Wildman–Crippen LogP) is 0.837. The molecular weight excluding hydrogens is 256 g/mol. The summed E-state index contributed by atoms with van der Waals surface area (Å²) in [5.74, 6) is 0.311. The maximum Gasteiger partial charge on any atom is 0.310 e. The number of ether oxygens (including phenoxy) is 2. The molecule has 5 heteroatoms. The molecule has 2 aliphatic rings. The second kappa shape index (κ2) is 6.87. The lowest BCUT2D eigenvalue weighted by molar-refractivity contribution is -0.146. The molecule has 3 atom stereocenters. The van der Waals surface area contributed by atoms with Crippen molar-refractivity contribution >= 4 is 5.97 Å². The molecule has 0 aromatic carbocycles. The zero-order valence-electron chi connectivity index (χ0n) is 13.2.